The van der Waals surface area contributed by atoms with Gasteiger partial charge in [-0.25, -0.2) is 9.69 Å². The predicted molar refractivity (Wildman–Crippen MR) is 82.3 cm³/mol. The summed E-state index contributed by atoms with van der Waals surface area (Å²) in [5, 5.41) is 0. The Bertz CT molecular complexity index is 546. The largest absolute Gasteiger partial charge is 0.447 e. The molecule has 5 heteroatoms. The average Bonchev–Trinajstić information content (AvgIpc) is 3.06. The molecule has 3 rings (SSSR count). The highest BCUT2D eigenvalue weighted by molar-refractivity contribution is 5.93. The fourth-order valence-corrected chi connectivity index (χ4v) is 3.34. The number of rotatable bonds is 4. The maximum absolute atomic E-state index is 12.5. The molecule has 0 N–H and O–H groups in total. The predicted octanol–water partition coefficient (Wildman–Crippen LogP) is 1.92. The number of nitrogens with zero attached hydrogens (tertiary/aromatic N) is 2. The van der Waals surface area contributed by atoms with Crippen molar-refractivity contribution in [2.75, 3.05) is 26.7 Å². The Hall–Kier alpha value is -1.88. The van der Waals surface area contributed by atoms with Crippen LogP contribution >= 0.6 is 0 Å². The minimum absolute atomic E-state index is 0.0938. The summed E-state index contributed by atoms with van der Waals surface area (Å²) in [6.45, 7) is 2.25. The van der Waals surface area contributed by atoms with Crippen molar-refractivity contribution in [2.24, 2.45) is 5.92 Å². The first-order valence-electron chi connectivity index (χ1n) is 7.85. The second-order valence-electron chi connectivity index (χ2n) is 6.31. The molecule has 2 atom stereocenters. The number of imide groups is 1. The van der Waals surface area contributed by atoms with Gasteiger partial charge >= 0.3 is 6.09 Å². The molecule has 118 valence electrons. The third kappa shape index (κ3) is 3.30. The van der Waals surface area contributed by atoms with Crippen molar-refractivity contribution >= 4 is 12.0 Å². The average molecular weight is 302 g/mol. The van der Waals surface area contributed by atoms with Crippen LogP contribution < -0.4 is 0 Å². The van der Waals surface area contributed by atoms with Gasteiger partial charge < -0.3 is 9.64 Å². The van der Waals surface area contributed by atoms with Gasteiger partial charge in [-0.05, 0) is 37.9 Å². The van der Waals surface area contributed by atoms with E-state index in [9.17, 15) is 9.59 Å². The fraction of sp³-hybridized carbons (Fsp3) is 0.529. The van der Waals surface area contributed by atoms with E-state index >= 15 is 0 Å². The maximum atomic E-state index is 12.5. The quantitative estimate of drug-likeness (QED) is 0.852. The Kier molecular flexibility index (Phi) is 4.43. The number of cyclic esters (lactones) is 1. The Morgan fingerprint density at radius 1 is 1.32 bits per heavy atom. The molecule has 0 aliphatic carbocycles. The molecular formula is C17H22N2O3. The van der Waals surface area contributed by atoms with E-state index < -0.39 is 6.09 Å². The lowest BCUT2D eigenvalue weighted by molar-refractivity contribution is -0.130. The van der Waals surface area contributed by atoms with Gasteiger partial charge in [-0.3, -0.25) is 4.79 Å². The first kappa shape index (κ1) is 15.0. The van der Waals surface area contributed by atoms with E-state index in [1.165, 1.54) is 4.90 Å². The molecule has 1 aromatic rings. The maximum Gasteiger partial charge on any atom is 0.416 e. The number of ether oxygens (including phenoxy) is 1. The van der Waals surface area contributed by atoms with Gasteiger partial charge in [0.25, 0.3) is 0 Å². The Balaban J connectivity index is 1.64. The number of benzene rings is 1. The van der Waals surface area contributed by atoms with Crippen LogP contribution in [0.4, 0.5) is 4.79 Å². The van der Waals surface area contributed by atoms with Crippen LogP contribution in [0.5, 0.6) is 0 Å². The molecule has 2 aliphatic heterocycles. The van der Waals surface area contributed by atoms with Crippen molar-refractivity contribution in [1.82, 2.24) is 9.80 Å². The van der Waals surface area contributed by atoms with Crippen LogP contribution in [0.15, 0.2) is 30.3 Å². The molecule has 2 heterocycles. The first-order valence-corrected chi connectivity index (χ1v) is 7.85. The van der Waals surface area contributed by atoms with Crippen LogP contribution in [0.25, 0.3) is 0 Å². The summed E-state index contributed by atoms with van der Waals surface area (Å²) in [6, 6.07) is 9.73. The molecule has 1 unspecified atom stereocenters. The van der Waals surface area contributed by atoms with Gasteiger partial charge in [0, 0.05) is 13.0 Å². The smallest absolute Gasteiger partial charge is 0.416 e. The standard InChI is InChI=1S/C17H22N2O3/c1-18-8-7-14(11-18)10-16(20)19-15(12-22-17(19)21)9-13-5-3-2-4-6-13/h2-6,14-15H,7-12H2,1H3/t14?,15-/m0/s1. The lowest BCUT2D eigenvalue weighted by Crippen LogP contribution is -2.41. The van der Waals surface area contributed by atoms with Gasteiger partial charge in [0.05, 0.1) is 6.04 Å². The van der Waals surface area contributed by atoms with Gasteiger partial charge in [-0.15, -0.1) is 0 Å². The summed E-state index contributed by atoms with van der Waals surface area (Å²) >= 11 is 0. The van der Waals surface area contributed by atoms with Crippen molar-refractivity contribution in [3.8, 4) is 0 Å². The van der Waals surface area contributed by atoms with Crippen molar-refractivity contribution in [1.29, 1.82) is 0 Å². The molecule has 1 aromatic carbocycles. The van der Waals surface area contributed by atoms with Crippen LogP contribution in [-0.4, -0.2) is 54.6 Å². The van der Waals surface area contributed by atoms with E-state index in [4.69, 9.17) is 4.74 Å². The second-order valence-corrected chi connectivity index (χ2v) is 6.31. The molecule has 2 fully saturated rings. The summed E-state index contributed by atoms with van der Waals surface area (Å²) in [6.07, 6.45) is 1.62. The van der Waals surface area contributed by atoms with Gasteiger partial charge in [0.1, 0.15) is 6.61 Å². The fourth-order valence-electron chi connectivity index (χ4n) is 3.34. The molecule has 2 amide bonds. The van der Waals surface area contributed by atoms with E-state index in [1.54, 1.807) is 0 Å². The van der Waals surface area contributed by atoms with Crippen molar-refractivity contribution in [3.05, 3.63) is 35.9 Å². The van der Waals surface area contributed by atoms with Gasteiger partial charge in [0.15, 0.2) is 0 Å². The second kappa shape index (κ2) is 6.48. The third-order valence-electron chi connectivity index (χ3n) is 4.50. The summed E-state index contributed by atoms with van der Waals surface area (Å²) in [7, 11) is 2.06. The normalized spacial score (nSPS) is 25.5. The van der Waals surface area contributed by atoms with Crippen molar-refractivity contribution in [2.45, 2.75) is 25.3 Å². The zero-order valence-electron chi connectivity index (χ0n) is 12.9. The summed E-state index contributed by atoms with van der Waals surface area (Å²) in [5.74, 6) is 0.256. The Labute approximate surface area is 130 Å². The molecule has 2 saturated heterocycles. The molecule has 0 saturated carbocycles. The topological polar surface area (TPSA) is 49.9 Å². The highest BCUT2D eigenvalue weighted by atomic mass is 16.6. The molecule has 0 aromatic heterocycles. The SMILES string of the molecule is CN1CCC(CC(=O)N2C(=O)OC[C@@H]2Cc2ccccc2)C1. The number of carbonyl (C=O) groups is 2. The number of likely N-dealkylation sites (tertiary alicyclic amines) is 1. The molecule has 0 spiro atoms. The zero-order valence-corrected chi connectivity index (χ0v) is 12.9. The minimum Gasteiger partial charge on any atom is -0.447 e. The van der Waals surface area contributed by atoms with E-state index in [0.717, 1.165) is 25.1 Å². The third-order valence-corrected chi connectivity index (χ3v) is 4.50. The number of carbonyl (C=O) groups excluding carboxylic acids is 2. The molecule has 22 heavy (non-hydrogen) atoms. The lowest BCUT2D eigenvalue weighted by Gasteiger charge is -2.21. The highest BCUT2D eigenvalue weighted by Gasteiger charge is 2.38. The summed E-state index contributed by atoms with van der Waals surface area (Å²) in [5.41, 5.74) is 1.11. The minimum atomic E-state index is -0.489. The highest BCUT2D eigenvalue weighted by Crippen LogP contribution is 2.23. The zero-order chi connectivity index (χ0) is 15.5. The molecule has 0 radical (unpaired) electrons. The van der Waals surface area contributed by atoms with E-state index in [2.05, 4.69) is 11.9 Å². The Morgan fingerprint density at radius 3 is 2.77 bits per heavy atom. The van der Waals surface area contributed by atoms with Crippen LogP contribution in [0.1, 0.15) is 18.4 Å². The van der Waals surface area contributed by atoms with E-state index in [0.29, 0.717) is 25.4 Å². The first-order chi connectivity index (χ1) is 10.6. The summed E-state index contributed by atoms with van der Waals surface area (Å²) in [4.78, 5) is 28.0. The van der Waals surface area contributed by atoms with Crippen LogP contribution in [0.3, 0.4) is 0 Å². The van der Waals surface area contributed by atoms with Gasteiger partial charge in [-0.2, -0.15) is 0 Å². The van der Waals surface area contributed by atoms with Crippen molar-refractivity contribution in [3.63, 3.8) is 0 Å². The molecule has 0 bridgehead atoms. The summed E-state index contributed by atoms with van der Waals surface area (Å²) < 4.78 is 5.11. The molecular weight excluding hydrogens is 280 g/mol. The van der Waals surface area contributed by atoms with Crippen LogP contribution in [0.2, 0.25) is 0 Å². The Morgan fingerprint density at radius 2 is 2.09 bits per heavy atom. The van der Waals surface area contributed by atoms with E-state index in [-0.39, 0.29) is 11.9 Å². The monoisotopic (exact) mass is 302 g/mol. The van der Waals surface area contributed by atoms with Crippen LogP contribution in [0, 0.1) is 5.92 Å². The van der Waals surface area contributed by atoms with Gasteiger partial charge in [0.2, 0.25) is 5.91 Å². The molecule has 5 nitrogen and oxygen atoms in total. The van der Waals surface area contributed by atoms with Gasteiger partial charge in [-0.1, -0.05) is 30.3 Å². The van der Waals surface area contributed by atoms with Crippen molar-refractivity contribution < 1.29 is 14.3 Å². The lowest BCUT2D eigenvalue weighted by atomic mass is 10.0. The van der Waals surface area contributed by atoms with E-state index in [1.807, 2.05) is 30.3 Å². The molecule has 2 aliphatic rings. The number of hydrogen-bond acceptors (Lipinski definition) is 4. The number of amides is 2. The number of hydrogen-bond donors (Lipinski definition) is 0. The van der Waals surface area contributed by atoms with Crippen LogP contribution in [-0.2, 0) is 16.0 Å².